The first-order chi connectivity index (χ1) is 9.47. The number of nitrogen functional groups attached to an aromatic ring is 1. The standard InChI is InChI=1S/C11H11N5O4/c1-7-13-11(12)14-15(7)10(17)6-20-9-4-2-8(3-5-9)16(18)19/h2-5H,6H2,1H3,(H2,12,14). The quantitative estimate of drug-likeness (QED) is 0.646. The van der Waals surface area contributed by atoms with E-state index in [0.717, 1.165) is 4.68 Å². The molecule has 0 saturated heterocycles. The Bertz CT molecular complexity index is 649. The molecule has 20 heavy (non-hydrogen) atoms. The van der Waals surface area contributed by atoms with Gasteiger partial charge in [0.2, 0.25) is 5.95 Å². The van der Waals surface area contributed by atoms with Crippen molar-refractivity contribution in [3.05, 3.63) is 40.2 Å². The minimum absolute atomic E-state index is 0.00573. The number of nitrogens with zero attached hydrogens (tertiary/aromatic N) is 4. The minimum atomic E-state index is -0.517. The van der Waals surface area contributed by atoms with Crippen molar-refractivity contribution < 1.29 is 14.5 Å². The summed E-state index contributed by atoms with van der Waals surface area (Å²) in [4.78, 5) is 25.6. The van der Waals surface area contributed by atoms with Gasteiger partial charge in [0.25, 0.3) is 11.6 Å². The van der Waals surface area contributed by atoms with Gasteiger partial charge in [-0.05, 0) is 19.1 Å². The molecule has 9 nitrogen and oxygen atoms in total. The predicted octanol–water partition coefficient (Wildman–Crippen LogP) is 0.796. The van der Waals surface area contributed by atoms with E-state index >= 15 is 0 Å². The summed E-state index contributed by atoms with van der Waals surface area (Å²) in [7, 11) is 0. The van der Waals surface area contributed by atoms with Crippen LogP contribution in [-0.4, -0.2) is 32.2 Å². The van der Waals surface area contributed by atoms with Gasteiger partial charge >= 0.3 is 0 Å². The van der Waals surface area contributed by atoms with E-state index in [1.54, 1.807) is 6.92 Å². The molecule has 0 aliphatic rings. The van der Waals surface area contributed by atoms with E-state index in [0.29, 0.717) is 11.6 Å². The highest BCUT2D eigenvalue weighted by atomic mass is 16.6. The van der Waals surface area contributed by atoms with Crippen molar-refractivity contribution in [2.45, 2.75) is 6.92 Å². The zero-order valence-corrected chi connectivity index (χ0v) is 10.5. The molecule has 0 amide bonds. The number of non-ortho nitro benzene ring substituents is 1. The lowest BCUT2D eigenvalue weighted by Gasteiger charge is -2.05. The maximum atomic E-state index is 11.8. The van der Waals surface area contributed by atoms with E-state index in [1.165, 1.54) is 24.3 Å². The largest absolute Gasteiger partial charge is 0.484 e. The summed E-state index contributed by atoms with van der Waals surface area (Å²) < 4.78 is 6.26. The fourth-order valence-corrected chi connectivity index (χ4v) is 1.52. The highest BCUT2D eigenvalue weighted by Crippen LogP contribution is 2.17. The number of carbonyl (C=O) groups is 1. The van der Waals surface area contributed by atoms with Crippen LogP contribution in [0.1, 0.15) is 10.6 Å². The first-order valence-electron chi connectivity index (χ1n) is 5.57. The molecule has 0 spiro atoms. The van der Waals surface area contributed by atoms with Crippen LogP contribution in [0.25, 0.3) is 0 Å². The summed E-state index contributed by atoms with van der Waals surface area (Å²) in [6, 6.07) is 5.40. The monoisotopic (exact) mass is 277 g/mol. The minimum Gasteiger partial charge on any atom is -0.484 e. The first kappa shape index (κ1) is 13.5. The Labute approximate surface area is 113 Å². The number of hydrogen-bond acceptors (Lipinski definition) is 7. The van der Waals surface area contributed by atoms with E-state index in [2.05, 4.69) is 10.1 Å². The SMILES string of the molecule is Cc1nc(N)nn1C(=O)COc1ccc([N+](=O)[O-])cc1. The number of aryl methyl sites for hydroxylation is 1. The molecule has 0 aliphatic heterocycles. The lowest BCUT2D eigenvalue weighted by molar-refractivity contribution is -0.384. The van der Waals surface area contributed by atoms with Crippen molar-refractivity contribution >= 4 is 17.5 Å². The molecule has 9 heteroatoms. The molecule has 0 aliphatic carbocycles. The molecule has 2 rings (SSSR count). The van der Waals surface area contributed by atoms with Gasteiger partial charge in [-0.1, -0.05) is 0 Å². The summed E-state index contributed by atoms with van der Waals surface area (Å²) >= 11 is 0. The smallest absolute Gasteiger partial charge is 0.286 e. The molecule has 2 aromatic rings. The van der Waals surface area contributed by atoms with Gasteiger partial charge in [0.05, 0.1) is 4.92 Å². The molecule has 1 aromatic carbocycles. The number of hydrogen-bond donors (Lipinski definition) is 1. The van der Waals surface area contributed by atoms with E-state index in [4.69, 9.17) is 10.5 Å². The summed E-state index contributed by atoms with van der Waals surface area (Å²) in [5, 5.41) is 14.2. The van der Waals surface area contributed by atoms with Crippen molar-refractivity contribution in [2.75, 3.05) is 12.3 Å². The zero-order valence-electron chi connectivity index (χ0n) is 10.5. The predicted molar refractivity (Wildman–Crippen MR) is 68.4 cm³/mol. The molecule has 0 saturated carbocycles. The van der Waals surface area contributed by atoms with Gasteiger partial charge in [-0.3, -0.25) is 14.9 Å². The van der Waals surface area contributed by atoms with E-state index in [1.807, 2.05) is 0 Å². The van der Waals surface area contributed by atoms with Crippen LogP contribution in [0.4, 0.5) is 11.6 Å². The van der Waals surface area contributed by atoms with Gasteiger partial charge in [0, 0.05) is 12.1 Å². The second-order valence-electron chi connectivity index (χ2n) is 3.86. The maximum absolute atomic E-state index is 11.8. The number of aromatic nitrogens is 3. The van der Waals surface area contributed by atoms with Gasteiger partial charge in [-0.15, -0.1) is 5.10 Å². The Morgan fingerprint density at radius 1 is 1.45 bits per heavy atom. The summed E-state index contributed by atoms with van der Waals surface area (Å²) in [6.45, 7) is 1.31. The molecular formula is C11H11N5O4. The van der Waals surface area contributed by atoms with E-state index in [9.17, 15) is 14.9 Å². The van der Waals surface area contributed by atoms with Gasteiger partial charge in [-0.25, -0.2) is 0 Å². The Morgan fingerprint density at radius 2 is 2.10 bits per heavy atom. The van der Waals surface area contributed by atoms with Crippen molar-refractivity contribution in [3.63, 3.8) is 0 Å². The average molecular weight is 277 g/mol. The van der Waals surface area contributed by atoms with Crippen LogP contribution in [0.2, 0.25) is 0 Å². The van der Waals surface area contributed by atoms with Crippen LogP contribution in [-0.2, 0) is 0 Å². The van der Waals surface area contributed by atoms with Crippen molar-refractivity contribution in [3.8, 4) is 5.75 Å². The van der Waals surface area contributed by atoms with Crippen LogP contribution in [0.3, 0.4) is 0 Å². The third-order valence-corrected chi connectivity index (χ3v) is 2.43. The molecule has 0 bridgehead atoms. The van der Waals surface area contributed by atoms with Crippen LogP contribution in [0.15, 0.2) is 24.3 Å². The Balaban J connectivity index is 2.00. The Morgan fingerprint density at radius 3 is 2.60 bits per heavy atom. The summed E-state index contributed by atoms with van der Waals surface area (Å²) in [5.74, 6) is 0.269. The van der Waals surface area contributed by atoms with E-state index in [-0.39, 0.29) is 18.2 Å². The third-order valence-electron chi connectivity index (χ3n) is 2.43. The number of nitrogens with two attached hydrogens (primary N) is 1. The van der Waals surface area contributed by atoms with Gasteiger partial charge in [-0.2, -0.15) is 9.67 Å². The number of rotatable bonds is 4. The molecule has 0 radical (unpaired) electrons. The topological polar surface area (TPSA) is 126 Å². The summed E-state index contributed by atoms with van der Waals surface area (Å²) in [6.07, 6.45) is 0. The number of nitro groups is 1. The van der Waals surface area contributed by atoms with Gasteiger partial charge < -0.3 is 10.5 Å². The average Bonchev–Trinajstić information content (AvgIpc) is 2.75. The Kier molecular flexibility index (Phi) is 3.60. The zero-order chi connectivity index (χ0) is 14.7. The maximum Gasteiger partial charge on any atom is 0.286 e. The highest BCUT2D eigenvalue weighted by molar-refractivity contribution is 5.80. The van der Waals surface area contributed by atoms with Crippen molar-refractivity contribution in [1.82, 2.24) is 14.8 Å². The third kappa shape index (κ3) is 2.88. The van der Waals surface area contributed by atoms with Gasteiger partial charge in [0.15, 0.2) is 6.61 Å². The van der Waals surface area contributed by atoms with Crippen molar-refractivity contribution in [1.29, 1.82) is 0 Å². The van der Waals surface area contributed by atoms with Crippen molar-refractivity contribution in [2.24, 2.45) is 0 Å². The van der Waals surface area contributed by atoms with Gasteiger partial charge in [0.1, 0.15) is 11.6 Å². The molecule has 2 N–H and O–H groups in total. The lowest BCUT2D eigenvalue weighted by Crippen LogP contribution is -2.21. The van der Waals surface area contributed by atoms with E-state index < -0.39 is 10.8 Å². The molecule has 0 atom stereocenters. The van der Waals surface area contributed by atoms with Crippen LogP contribution < -0.4 is 10.5 Å². The fraction of sp³-hybridized carbons (Fsp3) is 0.182. The second-order valence-corrected chi connectivity index (χ2v) is 3.86. The second kappa shape index (κ2) is 5.34. The molecule has 104 valence electrons. The number of ether oxygens (including phenoxy) is 1. The number of nitro benzene ring substituents is 1. The molecule has 1 aromatic heterocycles. The fourth-order valence-electron chi connectivity index (χ4n) is 1.52. The highest BCUT2D eigenvalue weighted by Gasteiger charge is 2.13. The molecule has 0 fully saturated rings. The number of anilines is 1. The van der Waals surface area contributed by atoms with Crippen LogP contribution in [0.5, 0.6) is 5.75 Å². The van der Waals surface area contributed by atoms with Crippen LogP contribution >= 0.6 is 0 Å². The molecule has 0 unspecified atom stereocenters. The summed E-state index contributed by atoms with van der Waals surface area (Å²) in [5.41, 5.74) is 5.32. The van der Waals surface area contributed by atoms with Crippen LogP contribution in [0, 0.1) is 17.0 Å². The number of carbonyl (C=O) groups excluding carboxylic acids is 1. The lowest BCUT2D eigenvalue weighted by atomic mass is 10.3. The number of benzene rings is 1. The Hall–Kier alpha value is -2.97. The first-order valence-corrected chi connectivity index (χ1v) is 5.57. The molecular weight excluding hydrogens is 266 g/mol. The molecule has 1 heterocycles. The normalized spacial score (nSPS) is 10.2.